The molecule has 100 valence electrons. The zero-order valence-corrected chi connectivity index (χ0v) is 10.8. The molecule has 1 aliphatic rings. The summed E-state index contributed by atoms with van der Waals surface area (Å²) >= 11 is 0. The van der Waals surface area contributed by atoms with E-state index in [0.717, 1.165) is 11.1 Å². The number of aromatic carboxylic acids is 1. The molecule has 0 unspecified atom stereocenters. The third-order valence-electron chi connectivity index (χ3n) is 3.18. The number of likely N-dealkylation sites (N-methyl/N-ethyl adjacent to an activating group) is 1. The number of rotatable bonds is 3. The Kier molecular flexibility index (Phi) is 3.55. The van der Waals surface area contributed by atoms with Crippen LogP contribution >= 0.6 is 0 Å². The number of carbonyl (C=O) groups excluding carboxylic acids is 1. The Labute approximate surface area is 111 Å². The number of hydrogen-bond donors (Lipinski definition) is 1. The highest BCUT2D eigenvalue weighted by atomic mass is 16.4. The van der Waals surface area contributed by atoms with Crippen LogP contribution in [0, 0.1) is 0 Å². The molecule has 0 aromatic heterocycles. The maximum Gasteiger partial charge on any atom is 0.335 e. The molecule has 19 heavy (non-hydrogen) atoms. The van der Waals surface area contributed by atoms with Crippen molar-refractivity contribution in [3.05, 3.63) is 47.5 Å². The van der Waals surface area contributed by atoms with Crippen molar-refractivity contribution in [3.63, 3.8) is 0 Å². The predicted octanol–water partition coefficient (Wildman–Crippen LogP) is 1.94. The van der Waals surface area contributed by atoms with Crippen molar-refractivity contribution in [2.24, 2.45) is 0 Å². The Bertz CT molecular complexity index is 539. The van der Waals surface area contributed by atoms with E-state index in [1.807, 2.05) is 0 Å². The van der Waals surface area contributed by atoms with Crippen molar-refractivity contribution in [3.8, 4) is 0 Å². The average molecular weight is 260 g/mol. The molecule has 5 heteroatoms. The molecule has 0 radical (unpaired) electrons. The van der Waals surface area contributed by atoms with E-state index < -0.39 is 5.97 Å². The van der Waals surface area contributed by atoms with E-state index in [1.54, 1.807) is 41.1 Å². The molecule has 0 saturated carbocycles. The summed E-state index contributed by atoms with van der Waals surface area (Å²) in [6.45, 7) is 5.07. The van der Waals surface area contributed by atoms with Crippen LogP contribution in [0.3, 0.4) is 0 Å². The van der Waals surface area contributed by atoms with Crippen LogP contribution in [0.4, 0.5) is 4.79 Å². The lowest BCUT2D eigenvalue weighted by Crippen LogP contribution is -2.38. The Hall–Kier alpha value is -2.30. The van der Waals surface area contributed by atoms with Gasteiger partial charge in [-0.1, -0.05) is 12.1 Å². The maximum atomic E-state index is 12.1. The molecular weight excluding hydrogens is 244 g/mol. The Morgan fingerprint density at radius 2 is 2.11 bits per heavy atom. The van der Waals surface area contributed by atoms with Crippen LogP contribution in [-0.4, -0.2) is 40.5 Å². The van der Waals surface area contributed by atoms with Crippen LogP contribution in [0.1, 0.15) is 21.5 Å². The molecule has 0 bridgehead atoms. The van der Waals surface area contributed by atoms with E-state index in [2.05, 4.69) is 6.58 Å². The molecule has 0 aliphatic carbocycles. The molecule has 0 saturated heterocycles. The van der Waals surface area contributed by atoms with Gasteiger partial charge in [-0.2, -0.15) is 0 Å². The highest BCUT2D eigenvalue weighted by Crippen LogP contribution is 2.24. The van der Waals surface area contributed by atoms with Crippen molar-refractivity contribution in [1.29, 1.82) is 0 Å². The molecule has 1 aromatic carbocycles. The van der Waals surface area contributed by atoms with Gasteiger partial charge in [0.1, 0.15) is 0 Å². The summed E-state index contributed by atoms with van der Waals surface area (Å²) in [6.07, 6.45) is 1.67. The van der Waals surface area contributed by atoms with E-state index in [0.29, 0.717) is 19.6 Å². The third kappa shape index (κ3) is 2.59. The largest absolute Gasteiger partial charge is 0.478 e. The summed E-state index contributed by atoms with van der Waals surface area (Å²) in [4.78, 5) is 26.3. The standard InChI is InChI=1S/C14H16N2O3/c1-3-6-15(2)14(19)16-8-11-5-4-10(13(17)18)7-12(11)9-16/h3-5,7H,1,6,8-9H2,2H3,(H,17,18). The smallest absolute Gasteiger partial charge is 0.335 e. The van der Waals surface area contributed by atoms with Crippen molar-refractivity contribution in [1.82, 2.24) is 9.80 Å². The number of carboxylic acid groups (broad SMARTS) is 1. The predicted molar refractivity (Wildman–Crippen MR) is 70.9 cm³/mol. The number of fused-ring (bicyclic) bond motifs is 1. The van der Waals surface area contributed by atoms with Crippen molar-refractivity contribution in [2.45, 2.75) is 13.1 Å². The second-order valence-corrected chi connectivity index (χ2v) is 4.60. The first kappa shape index (κ1) is 13.1. The first-order chi connectivity index (χ1) is 9.02. The summed E-state index contributed by atoms with van der Waals surface area (Å²) in [6, 6.07) is 4.91. The van der Waals surface area contributed by atoms with Gasteiger partial charge < -0.3 is 14.9 Å². The van der Waals surface area contributed by atoms with Gasteiger partial charge in [0.15, 0.2) is 0 Å². The molecule has 1 aliphatic heterocycles. The number of nitrogens with zero attached hydrogens (tertiary/aromatic N) is 2. The van der Waals surface area contributed by atoms with Gasteiger partial charge in [0.05, 0.1) is 5.56 Å². The number of urea groups is 1. The molecular formula is C14H16N2O3. The normalized spacial score (nSPS) is 13.0. The first-order valence-electron chi connectivity index (χ1n) is 5.99. The Balaban J connectivity index is 2.14. The third-order valence-corrected chi connectivity index (χ3v) is 3.18. The maximum absolute atomic E-state index is 12.1. The highest BCUT2D eigenvalue weighted by Gasteiger charge is 2.25. The van der Waals surface area contributed by atoms with Crippen LogP contribution in [-0.2, 0) is 13.1 Å². The number of benzene rings is 1. The van der Waals surface area contributed by atoms with E-state index in [9.17, 15) is 9.59 Å². The van der Waals surface area contributed by atoms with Crippen molar-refractivity contribution >= 4 is 12.0 Å². The molecule has 2 amide bonds. The zero-order chi connectivity index (χ0) is 14.0. The number of carbonyl (C=O) groups is 2. The van der Waals surface area contributed by atoms with E-state index in [1.165, 1.54) is 0 Å². The van der Waals surface area contributed by atoms with Crippen LogP contribution in [0.25, 0.3) is 0 Å². The van der Waals surface area contributed by atoms with Crippen molar-refractivity contribution in [2.75, 3.05) is 13.6 Å². The number of hydrogen-bond acceptors (Lipinski definition) is 2. The summed E-state index contributed by atoms with van der Waals surface area (Å²) in [5, 5.41) is 8.95. The van der Waals surface area contributed by atoms with E-state index in [-0.39, 0.29) is 11.6 Å². The Morgan fingerprint density at radius 1 is 1.42 bits per heavy atom. The lowest BCUT2D eigenvalue weighted by atomic mass is 10.1. The minimum Gasteiger partial charge on any atom is -0.478 e. The van der Waals surface area contributed by atoms with Gasteiger partial charge in [-0.3, -0.25) is 0 Å². The molecule has 5 nitrogen and oxygen atoms in total. The van der Waals surface area contributed by atoms with Crippen molar-refractivity contribution < 1.29 is 14.7 Å². The lowest BCUT2D eigenvalue weighted by molar-refractivity contribution is 0.0696. The van der Waals surface area contributed by atoms with Crippen LogP contribution < -0.4 is 0 Å². The fraction of sp³-hybridized carbons (Fsp3) is 0.286. The minimum atomic E-state index is -0.948. The van der Waals surface area contributed by atoms with E-state index >= 15 is 0 Å². The number of amides is 2. The van der Waals surface area contributed by atoms with Gasteiger partial charge >= 0.3 is 12.0 Å². The quantitative estimate of drug-likeness (QED) is 0.845. The summed E-state index contributed by atoms with van der Waals surface area (Å²) < 4.78 is 0. The molecule has 1 heterocycles. The molecule has 0 spiro atoms. The van der Waals surface area contributed by atoms with Gasteiger partial charge in [0.25, 0.3) is 0 Å². The monoisotopic (exact) mass is 260 g/mol. The van der Waals surface area contributed by atoms with Crippen LogP contribution in [0.5, 0.6) is 0 Å². The minimum absolute atomic E-state index is 0.0759. The topological polar surface area (TPSA) is 60.9 Å². The summed E-state index contributed by atoms with van der Waals surface area (Å²) in [5.41, 5.74) is 2.16. The highest BCUT2D eigenvalue weighted by molar-refractivity contribution is 5.88. The number of carboxylic acids is 1. The van der Waals surface area contributed by atoms with Crippen LogP contribution in [0.15, 0.2) is 30.9 Å². The molecule has 0 atom stereocenters. The van der Waals surface area contributed by atoms with Gasteiger partial charge in [0, 0.05) is 26.7 Å². The van der Waals surface area contributed by atoms with Gasteiger partial charge in [0.2, 0.25) is 0 Å². The Morgan fingerprint density at radius 3 is 2.74 bits per heavy atom. The molecule has 0 fully saturated rings. The SMILES string of the molecule is C=CCN(C)C(=O)N1Cc2ccc(C(=O)O)cc2C1. The second-order valence-electron chi connectivity index (χ2n) is 4.60. The molecule has 2 rings (SSSR count). The molecule has 1 aromatic rings. The summed E-state index contributed by atoms with van der Waals surface area (Å²) in [7, 11) is 1.72. The first-order valence-corrected chi connectivity index (χ1v) is 5.99. The lowest BCUT2D eigenvalue weighted by Gasteiger charge is -2.23. The summed E-state index contributed by atoms with van der Waals surface area (Å²) in [5.74, 6) is -0.948. The van der Waals surface area contributed by atoms with Crippen LogP contribution in [0.2, 0.25) is 0 Å². The second kappa shape index (κ2) is 5.14. The van der Waals surface area contributed by atoms with Gasteiger partial charge in [-0.25, -0.2) is 9.59 Å². The fourth-order valence-corrected chi connectivity index (χ4v) is 2.18. The fourth-order valence-electron chi connectivity index (χ4n) is 2.18. The average Bonchev–Trinajstić information content (AvgIpc) is 2.80. The van der Waals surface area contributed by atoms with E-state index in [4.69, 9.17) is 5.11 Å². The zero-order valence-electron chi connectivity index (χ0n) is 10.8. The van der Waals surface area contributed by atoms with Gasteiger partial charge in [-0.05, 0) is 23.3 Å². The molecule has 1 N–H and O–H groups in total. The van der Waals surface area contributed by atoms with Gasteiger partial charge in [-0.15, -0.1) is 6.58 Å².